The second-order valence-electron chi connectivity index (χ2n) is 3.92. The number of benzene rings is 1. The lowest BCUT2D eigenvalue weighted by molar-refractivity contribution is 0.625. The van der Waals surface area contributed by atoms with E-state index >= 15 is 0 Å². The Hall–Kier alpha value is -2.17. The lowest BCUT2D eigenvalue weighted by atomic mass is 10.0. The molecule has 3 rings (SSSR count). The van der Waals surface area contributed by atoms with Crippen molar-refractivity contribution in [3.05, 3.63) is 47.0 Å². The number of halogens is 1. The average molecular weight is 230 g/mol. The maximum atomic E-state index is 13.6. The highest BCUT2D eigenvalue weighted by Gasteiger charge is 2.24. The van der Waals surface area contributed by atoms with Gasteiger partial charge in [0.25, 0.3) is 0 Å². The minimum atomic E-state index is -0.262. The molecule has 1 aromatic rings. The Kier molecular flexibility index (Phi) is 2.18. The first-order valence-corrected chi connectivity index (χ1v) is 5.35. The number of hydrogen-bond acceptors (Lipinski definition) is 4. The van der Waals surface area contributed by atoms with Gasteiger partial charge in [0.2, 0.25) is 0 Å². The summed E-state index contributed by atoms with van der Waals surface area (Å²) in [5.41, 5.74) is 7.86. The van der Waals surface area contributed by atoms with Gasteiger partial charge in [0.05, 0.1) is 5.71 Å². The van der Waals surface area contributed by atoms with Crippen molar-refractivity contribution in [3.63, 3.8) is 0 Å². The van der Waals surface area contributed by atoms with Crippen LogP contribution in [-0.2, 0) is 0 Å². The Labute approximate surface area is 97.8 Å². The van der Waals surface area contributed by atoms with E-state index in [1.807, 2.05) is 0 Å². The molecular formula is C12H11FN4. The zero-order valence-electron chi connectivity index (χ0n) is 9.07. The lowest BCUT2D eigenvalue weighted by Crippen LogP contribution is -2.27. The predicted molar refractivity (Wildman–Crippen MR) is 64.2 cm³/mol. The molecule has 0 fully saturated rings. The van der Waals surface area contributed by atoms with E-state index in [4.69, 9.17) is 5.73 Å². The Morgan fingerprint density at radius 1 is 1.29 bits per heavy atom. The maximum absolute atomic E-state index is 13.6. The van der Waals surface area contributed by atoms with Crippen LogP contribution < -0.4 is 11.1 Å². The minimum Gasteiger partial charge on any atom is -0.384 e. The fraction of sp³-hybridized carbons (Fsp3) is 0.167. The van der Waals surface area contributed by atoms with Crippen molar-refractivity contribution in [3.8, 4) is 0 Å². The van der Waals surface area contributed by atoms with Crippen LogP contribution in [0, 0.1) is 5.82 Å². The number of aliphatic imine (C=N–C) groups is 2. The van der Waals surface area contributed by atoms with Crippen LogP contribution in [0.3, 0.4) is 0 Å². The Morgan fingerprint density at radius 2 is 2.12 bits per heavy atom. The molecule has 86 valence electrons. The standard InChI is InChI=1S/C12H11FN4/c13-9-4-2-1-3-7(9)10-5-8-11(14)15-6-16-12(8)17-10/h1-4,16H,5-6H2,(H2,14,15). The van der Waals surface area contributed by atoms with E-state index in [0.717, 1.165) is 11.4 Å². The van der Waals surface area contributed by atoms with Gasteiger partial charge >= 0.3 is 0 Å². The van der Waals surface area contributed by atoms with Gasteiger partial charge in [-0.25, -0.2) is 14.4 Å². The highest BCUT2D eigenvalue weighted by molar-refractivity contribution is 6.12. The second kappa shape index (κ2) is 3.69. The van der Waals surface area contributed by atoms with Gasteiger partial charge in [-0.15, -0.1) is 0 Å². The molecule has 0 aromatic heterocycles. The van der Waals surface area contributed by atoms with Gasteiger partial charge in [0.1, 0.15) is 24.1 Å². The molecule has 17 heavy (non-hydrogen) atoms. The number of rotatable bonds is 1. The van der Waals surface area contributed by atoms with Crippen LogP contribution in [0.4, 0.5) is 4.39 Å². The van der Waals surface area contributed by atoms with Gasteiger partial charge in [0.15, 0.2) is 0 Å². The van der Waals surface area contributed by atoms with E-state index < -0.39 is 0 Å². The molecule has 3 N–H and O–H groups in total. The first kappa shape index (κ1) is 10.0. The van der Waals surface area contributed by atoms with E-state index in [-0.39, 0.29) is 5.82 Å². The topological polar surface area (TPSA) is 62.8 Å². The van der Waals surface area contributed by atoms with Crippen molar-refractivity contribution in [2.75, 3.05) is 6.67 Å². The van der Waals surface area contributed by atoms with Gasteiger partial charge in [-0.2, -0.15) is 0 Å². The summed E-state index contributed by atoms with van der Waals surface area (Å²) in [6.07, 6.45) is 0.526. The largest absolute Gasteiger partial charge is 0.384 e. The monoisotopic (exact) mass is 230 g/mol. The molecule has 0 aliphatic carbocycles. The summed E-state index contributed by atoms with van der Waals surface area (Å²) in [5, 5.41) is 3.03. The SMILES string of the molecule is NC1=NCNC2=C1CC(c1ccccc1F)=N2. The zero-order valence-corrected chi connectivity index (χ0v) is 9.07. The molecule has 0 unspecified atom stereocenters. The van der Waals surface area contributed by atoms with E-state index in [1.54, 1.807) is 18.2 Å². The van der Waals surface area contributed by atoms with Crippen LogP contribution in [0.15, 0.2) is 45.6 Å². The minimum absolute atomic E-state index is 0.262. The van der Waals surface area contributed by atoms with Crippen molar-refractivity contribution >= 4 is 11.5 Å². The quantitative estimate of drug-likeness (QED) is 0.760. The van der Waals surface area contributed by atoms with E-state index in [1.165, 1.54) is 6.07 Å². The predicted octanol–water partition coefficient (Wildman–Crippen LogP) is 1.15. The van der Waals surface area contributed by atoms with E-state index in [2.05, 4.69) is 15.3 Å². The van der Waals surface area contributed by atoms with Gasteiger partial charge in [-0.1, -0.05) is 18.2 Å². The molecule has 4 nitrogen and oxygen atoms in total. The second-order valence-corrected chi connectivity index (χ2v) is 3.92. The Morgan fingerprint density at radius 3 is 2.88 bits per heavy atom. The maximum Gasteiger partial charge on any atom is 0.135 e. The summed E-state index contributed by atoms with van der Waals surface area (Å²) in [7, 11) is 0. The smallest absolute Gasteiger partial charge is 0.135 e. The van der Waals surface area contributed by atoms with E-state index in [0.29, 0.717) is 30.2 Å². The van der Waals surface area contributed by atoms with Crippen LogP contribution in [0.25, 0.3) is 0 Å². The number of nitrogens with two attached hydrogens (primary N) is 1. The molecule has 2 aliphatic rings. The third-order valence-corrected chi connectivity index (χ3v) is 2.87. The Balaban J connectivity index is 1.96. The average Bonchev–Trinajstić information content (AvgIpc) is 2.75. The summed E-state index contributed by atoms with van der Waals surface area (Å²) < 4.78 is 13.6. The fourth-order valence-electron chi connectivity index (χ4n) is 2.00. The molecule has 2 heterocycles. The van der Waals surface area contributed by atoms with Crippen molar-refractivity contribution in [1.82, 2.24) is 5.32 Å². The molecule has 0 saturated heterocycles. The number of nitrogens with one attached hydrogen (secondary N) is 1. The van der Waals surface area contributed by atoms with Crippen molar-refractivity contribution in [1.29, 1.82) is 0 Å². The van der Waals surface area contributed by atoms with Gasteiger partial charge < -0.3 is 11.1 Å². The van der Waals surface area contributed by atoms with Gasteiger partial charge in [-0.05, 0) is 6.07 Å². The first-order chi connectivity index (χ1) is 8.25. The molecule has 0 amide bonds. The number of nitrogens with zero attached hydrogens (tertiary/aromatic N) is 2. The van der Waals surface area contributed by atoms with Crippen LogP contribution in [0.5, 0.6) is 0 Å². The van der Waals surface area contributed by atoms with Crippen molar-refractivity contribution < 1.29 is 4.39 Å². The van der Waals surface area contributed by atoms with Crippen molar-refractivity contribution in [2.24, 2.45) is 15.7 Å². The van der Waals surface area contributed by atoms with Crippen LogP contribution in [0.1, 0.15) is 12.0 Å². The first-order valence-electron chi connectivity index (χ1n) is 5.35. The Bertz CT molecular complexity index is 572. The highest BCUT2D eigenvalue weighted by Crippen LogP contribution is 2.24. The van der Waals surface area contributed by atoms with Crippen LogP contribution >= 0.6 is 0 Å². The lowest BCUT2D eigenvalue weighted by Gasteiger charge is -2.11. The molecule has 1 aromatic carbocycles. The molecule has 0 radical (unpaired) electrons. The molecule has 0 spiro atoms. The van der Waals surface area contributed by atoms with Crippen molar-refractivity contribution in [2.45, 2.75) is 6.42 Å². The summed E-state index contributed by atoms with van der Waals surface area (Å²) >= 11 is 0. The number of hydrogen-bond donors (Lipinski definition) is 2. The molecule has 0 bridgehead atoms. The summed E-state index contributed by atoms with van der Waals surface area (Å²) in [6, 6.07) is 6.61. The number of amidine groups is 1. The molecular weight excluding hydrogens is 219 g/mol. The third kappa shape index (κ3) is 1.60. The highest BCUT2D eigenvalue weighted by atomic mass is 19.1. The zero-order chi connectivity index (χ0) is 11.8. The molecule has 2 aliphatic heterocycles. The summed E-state index contributed by atoms with van der Waals surface area (Å²) in [6.45, 7) is 0.429. The van der Waals surface area contributed by atoms with Crippen LogP contribution in [0.2, 0.25) is 0 Å². The van der Waals surface area contributed by atoms with Gasteiger partial charge in [-0.3, -0.25) is 0 Å². The van der Waals surface area contributed by atoms with E-state index in [9.17, 15) is 4.39 Å². The molecule has 5 heteroatoms. The van der Waals surface area contributed by atoms with Gasteiger partial charge in [0, 0.05) is 17.6 Å². The molecule has 0 saturated carbocycles. The fourth-order valence-corrected chi connectivity index (χ4v) is 2.00. The summed E-state index contributed by atoms with van der Waals surface area (Å²) in [4.78, 5) is 8.46. The third-order valence-electron chi connectivity index (χ3n) is 2.87. The van der Waals surface area contributed by atoms with Crippen LogP contribution in [-0.4, -0.2) is 18.2 Å². The molecule has 0 atom stereocenters. The normalized spacial score (nSPS) is 18.4. The summed E-state index contributed by atoms with van der Waals surface area (Å²) in [5.74, 6) is 0.950.